The molecule has 0 radical (unpaired) electrons. The number of hydrogen-bond donors (Lipinski definition) is 1. The van der Waals surface area contributed by atoms with Crippen molar-refractivity contribution in [3.05, 3.63) is 116 Å². The lowest BCUT2D eigenvalue weighted by atomic mass is 10.0. The number of nitrogens with zero attached hydrogens (tertiary/aromatic N) is 2. The van der Waals surface area contributed by atoms with E-state index in [1.54, 1.807) is 48.5 Å². The molecule has 4 aromatic rings. The molecule has 6 nitrogen and oxygen atoms in total. The number of benzene rings is 3. The van der Waals surface area contributed by atoms with E-state index in [2.05, 4.69) is 0 Å². The Hall–Kier alpha value is -3.76. The summed E-state index contributed by atoms with van der Waals surface area (Å²) in [5.41, 5.74) is 5.74. The number of hydrogen-bond acceptors (Lipinski definition) is 5. The van der Waals surface area contributed by atoms with Crippen LogP contribution in [0.1, 0.15) is 28.8 Å². The van der Waals surface area contributed by atoms with Gasteiger partial charge in [0.05, 0.1) is 35.8 Å². The molecule has 0 bridgehead atoms. The highest BCUT2D eigenvalue weighted by Crippen LogP contribution is 2.44. The van der Waals surface area contributed by atoms with E-state index in [9.17, 15) is 22.8 Å². The van der Waals surface area contributed by atoms with Crippen LogP contribution in [0.2, 0.25) is 0 Å². The minimum Gasteiger partial charge on any atom is -0.497 e. The number of methoxy groups -OCH3 is 1. The summed E-state index contributed by atoms with van der Waals surface area (Å²) in [6, 6.07) is 19.4. The van der Waals surface area contributed by atoms with E-state index < -0.39 is 35.1 Å². The number of alkyl halides is 3. The Morgan fingerprint density at radius 1 is 1.03 bits per heavy atom. The molecule has 0 amide bonds. The molecular formula is C28H24F3N3O3S. The van der Waals surface area contributed by atoms with E-state index in [-0.39, 0.29) is 23.4 Å². The Labute approximate surface area is 220 Å². The molecule has 38 heavy (non-hydrogen) atoms. The summed E-state index contributed by atoms with van der Waals surface area (Å²) in [5, 5.41) is 0.319. The number of halogens is 3. The van der Waals surface area contributed by atoms with E-state index in [0.29, 0.717) is 16.3 Å². The molecule has 2 N–H and O–H groups in total. The second kappa shape index (κ2) is 10.2. The van der Waals surface area contributed by atoms with Gasteiger partial charge >= 0.3 is 11.9 Å². The molecule has 3 aromatic carbocycles. The van der Waals surface area contributed by atoms with Gasteiger partial charge in [-0.3, -0.25) is 13.9 Å². The van der Waals surface area contributed by atoms with Gasteiger partial charge in [-0.1, -0.05) is 60.7 Å². The third kappa shape index (κ3) is 4.65. The van der Waals surface area contributed by atoms with Gasteiger partial charge in [0.2, 0.25) is 0 Å². The normalized spacial score (nSPS) is 15.8. The van der Waals surface area contributed by atoms with E-state index in [1.807, 2.05) is 6.07 Å². The van der Waals surface area contributed by atoms with Crippen molar-refractivity contribution in [2.75, 3.05) is 12.9 Å². The molecule has 196 valence electrons. The zero-order valence-electron chi connectivity index (χ0n) is 20.3. The van der Waals surface area contributed by atoms with Crippen LogP contribution in [-0.2, 0) is 12.7 Å². The Morgan fingerprint density at radius 3 is 2.45 bits per heavy atom. The minimum absolute atomic E-state index is 0.0255. The summed E-state index contributed by atoms with van der Waals surface area (Å²) < 4.78 is 49.5. The Morgan fingerprint density at radius 2 is 1.74 bits per heavy atom. The summed E-state index contributed by atoms with van der Waals surface area (Å²) in [7, 11) is 1.50. The van der Waals surface area contributed by atoms with Crippen molar-refractivity contribution in [2.45, 2.75) is 29.8 Å². The van der Waals surface area contributed by atoms with Crippen molar-refractivity contribution in [2.24, 2.45) is 5.73 Å². The van der Waals surface area contributed by atoms with E-state index >= 15 is 0 Å². The molecular weight excluding hydrogens is 515 g/mol. The van der Waals surface area contributed by atoms with Gasteiger partial charge in [-0.05, 0) is 34.9 Å². The summed E-state index contributed by atoms with van der Waals surface area (Å²) >= 11 is 1.19. The lowest BCUT2D eigenvalue weighted by molar-refractivity contribution is -0.138. The number of aromatic nitrogens is 2. The van der Waals surface area contributed by atoms with E-state index in [1.165, 1.54) is 41.6 Å². The smallest absolute Gasteiger partial charge is 0.416 e. The summed E-state index contributed by atoms with van der Waals surface area (Å²) in [6.07, 6.45) is -4.60. The average Bonchev–Trinajstić information content (AvgIpc) is 3.36. The van der Waals surface area contributed by atoms with Crippen molar-refractivity contribution in [3.63, 3.8) is 0 Å². The average molecular weight is 540 g/mol. The van der Waals surface area contributed by atoms with Crippen LogP contribution >= 0.6 is 11.8 Å². The lowest BCUT2D eigenvalue weighted by Crippen LogP contribution is -2.44. The van der Waals surface area contributed by atoms with Crippen LogP contribution in [0, 0.1) is 0 Å². The highest BCUT2D eigenvalue weighted by Gasteiger charge is 2.39. The molecule has 2 heterocycles. The Kier molecular flexibility index (Phi) is 6.93. The zero-order chi connectivity index (χ0) is 27.0. The Balaban J connectivity index is 1.75. The molecule has 10 heteroatoms. The number of thioether (sulfide) groups is 1. The second-order valence-electron chi connectivity index (χ2n) is 8.91. The molecule has 0 saturated carbocycles. The molecule has 1 aliphatic rings. The number of fused-ring (bicyclic) bond motifs is 1. The van der Waals surface area contributed by atoms with Crippen molar-refractivity contribution >= 4 is 11.8 Å². The maximum Gasteiger partial charge on any atom is 0.416 e. The molecule has 1 aliphatic heterocycles. The van der Waals surface area contributed by atoms with Gasteiger partial charge in [-0.25, -0.2) is 4.79 Å². The quantitative estimate of drug-likeness (QED) is 0.345. The van der Waals surface area contributed by atoms with Gasteiger partial charge in [-0.15, -0.1) is 11.8 Å². The molecule has 0 aliphatic carbocycles. The third-order valence-corrected chi connectivity index (χ3v) is 7.77. The number of nitrogens with two attached hydrogens (primary N) is 1. The monoisotopic (exact) mass is 539 g/mol. The van der Waals surface area contributed by atoms with E-state index in [0.717, 1.165) is 16.2 Å². The topological polar surface area (TPSA) is 79.2 Å². The van der Waals surface area contributed by atoms with Gasteiger partial charge in [-0.2, -0.15) is 13.2 Å². The summed E-state index contributed by atoms with van der Waals surface area (Å²) in [4.78, 5) is 27.7. The predicted octanol–water partition coefficient (Wildman–Crippen LogP) is 5.10. The van der Waals surface area contributed by atoms with Crippen LogP contribution in [0.3, 0.4) is 0 Å². The van der Waals surface area contributed by atoms with E-state index in [4.69, 9.17) is 10.5 Å². The van der Waals surface area contributed by atoms with Crippen molar-refractivity contribution in [1.29, 1.82) is 0 Å². The molecule has 0 fully saturated rings. The van der Waals surface area contributed by atoms with Gasteiger partial charge in [0.1, 0.15) is 5.75 Å². The van der Waals surface area contributed by atoms with Gasteiger partial charge in [0.15, 0.2) is 0 Å². The standard InChI is InChI=1S/C28H24F3N3O3S/c1-37-19-11-7-10-18(14-19)24-25(35)33(15-22(32)17-8-3-2-4-9-17)27(36)34-23(16-38-26(24)34)20-12-5-6-13-21(20)28(29,30)31/h2-14,22-23H,15-16,32H2,1H3. The van der Waals surface area contributed by atoms with Crippen molar-refractivity contribution in [1.82, 2.24) is 9.13 Å². The first-order valence-corrected chi connectivity index (χ1v) is 12.8. The second-order valence-corrected chi connectivity index (χ2v) is 9.92. The molecule has 0 saturated heterocycles. The van der Waals surface area contributed by atoms with Crippen LogP contribution in [-0.4, -0.2) is 22.0 Å². The predicted molar refractivity (Wildman–Crippen MR) is 141 cm³/mol. The molecule has 1 aromatic heterocycles. The number of ether oxygens (including phenoxy) is 1. The van der Waals surface area contributed by atoms with Gasteiger partial charge in [0.25, 0.3) is 5.56 Å². The van der Waals surface area contributed by atoms with Crippen molar-refractivity contribution < 1.29 is 17.9 Å². The fraction of sp³-hybridized carbons (Fsp3) is 0.214. The van der Waals surface area contributed by atoms with Crippen LogP contribution in [0.5, 0.6) is 5.75 Å². The third-order valence-electron chi connectivity index (χ3n) is 6.61. The molecule has 5 rings (SSSR count). The fourth-order valence-corrected chi connectivity index (χ4v) is 6.10. The number of rotatable bonds is 6. The molecule has 2 atom stereocenters. The lowest BCUT2D eigenvalue weighted by Gasteiger charge is -2.22. The summed E-state index contributed by atoms with van der Waals surface area (Å²) in [6.45, 7) is -0.142. The first kappa shape index (κ1) is 25.9. The SMILES string of the molecule is COc1cccc(-c2c3n(c(=O)n(CC(N)c4ccccc4)c2=O)C(c2ccccc2C(F)(F)F)CS3)c1. The first-order chi connectivity index (χ1) is 18.2. The first-order valence-electron chi connectivity index (χ1n) is 11.8. The summed E-state index contributed by atoms with van der Waals surface area (Å²) in [5.74, 6) is 0.661. The maximum atomic E-state index is 13.9. The van der Waals surface area contributed by atoms with Crippen LogP contribution in [0.15, 0.2) is 93.5 Å². The van der Waals surface area contributed by atoms with Crippen molar-refractivity contribution in [3.8, 4) is 16.9 Å². The van der Waals surface area contributed by atoms with Crippen LogP contribution in [0.4, 0.5) is 13.2 Å². The Bertz CT molecular complexity index is 1600. The molecule has 0 spiro atoms. The highest BCUT2D eigenvalue weighted by molar-refractivity contribution is 7.99. The van der Waals surface area contributed by atoms with Gasteiger partial charge < -0.3 is 10.5 Å². The van der Waals surface area contributed by atoms with Gasteiger partial charge in [0, 0.05) is 11.8 Å². The molecule has 2 unspecified atom stereocenters. The minimum atomic E-state index is -4.60. The maximum absolute atomic E-state index is 13.9. The van der Waals surface area contributed by atoms with Crippen LogP contribution in [0.25, 0.3) is 11.1 Å². The van der Waals surface area contributed by atoms with Crippen LogP contribution < -0.4 is 21.7 Å². The largest absolute Gasteiger partial charge is 0.497 e. The highest BCUT2D eigenvalue weighted by atomic mass is 32.2. The zero-order valence-corrected chi connectivity index (χ0v) is 21.1. The fourth-order valence-electron chi connectivity index (χ4n) is 4.76.